The molecule has 0 bridgehead atoms. The summed E-state index contributed by atoms with van der Waals surface area (Å²) in [5.41, 5.74) is 2.64. The third kappa shape index (κ3) is 4.19. The van der Waals surface area contributed by atoms with E-state index < -0.39 is 0 Å². The highest BCUT2D eigenvalue weighted by Gasteiger charge is 2.27. The fourth-order valence-corrected chi connectivity index (χ4v) is 4.71. The van der Waals surface area contributed by atoms with Crippen molar-refractivity contribution in [1.82, 2.24) is 15.3 Å². The lowest BCUT2D eigenvalue weighted by molar-refractivity contribution is -0.125. The highest BCUT2D eigenvalue weighted by molar-refractivity contribution is 7.17. The van der Waals surface area contributed by atoms with Crippen LogP contribution in [0.4, 0.5) is 5.95 Å². The van der Waals surface area contributed by atoms with Crippen LogP contribution in [0, 0.1) is 5.92 Å². The minimum atomic E-state index is -0.119. The molecule has 3 aromatic rings. The van der Waals surface area contributed by atoms with E-state index in [0.717, 1.165) is 55.4 Å². The van der Waals surface area contributed by atoms with Gasteiger partial charge in [0.2, 0.25) is 11.9 Å². The van der Waals surface area contributed by atoms with Gasteiger partial charge in [-0.1, -0.05) is 43.7 Å². The Morgan fingerprint density at radius 3 is 2.97 bits per heavy atom. The average molecular weight is 411 g/mol. The first-order valence-corrected chi connectivity index (χ1v) is 11.1. The van der Waals surface area contributed by atoms with Gasteiger partial charge in [0.1, 0.15) is 4.70 Å². The second-order valence-electron chi connectivity index (χ2n) is 7.51. The van der Waals surface area contributed by atoms with E-state index in [2.05, 4.69) is 17.2 Å². The molecule has 1 aromatic carbocycles. The number of amides is 1. The van der Waals surface area contributed by atoms with Crippen LogP contribution in [0.25, 0.3) is 21.3 Å². The molecule has 1 saturated heterocycles. The van der Waals surface area contributed by atoms with Crippen LogP contribution in [0.3, 0.4) is 0 Å². The summed E-state index contributed by atoms with van der Waals surface area (Å²) < 4.78 is 0.637. The highest BCUT2D eigenvalue weighted by Crippen LogP contribution is 2.32. The number of piperidine rings is 1. The Bertz CT molecular complexity index is 1040. The van der Waals surface area contributed by atoms with E-state index >= 15 is 0 Å². The summed E-state index contributed by atoms with van der Waals surface area (Å²) in [6.07, 6.45) is 3.83. The predicted molar refractivity (Wildman–Crippen MR) is 119 cm³/mol. The number of aromatic amines is 1. The van der Waals surface area contributed by atoms with Crippen molar-refractivity contribution in [3.63, 3.8) is 0 Å². The Kier molecular flexibility index (Phi) is 5.94. The van der Waals surface area contributed by atoms with Crippen LogP contribution in [0.2, 0.25) is 0 Å². The molecule has 1 fully saturated rings. The fraction of sp³-hybridized carbons (Fsp3) is 0.409. The van der Waals surface area contributed by atoms with E-state index in [9.17, 15) is 9.59 Å². The molecule has 2 aromatic heterocycles. The van der Waals surface area contributed by atoms with Crippen LogP contribution in [0.5, 0.6) is 0 Å². The second-order valence-corrected chi connectivity index (χ2v) is 8.39. The first-order valence-electron chi connectivity index (χ1n) is 10.3. The van der Waals surface area contributed by atoms with E-state index in [0.29, 0.717) is 17.2 Å². The number of anilines is 1. The Morgan fingerprint density at radius 1 is 1.34 bits per heavy atom. The lowest BCUT2D eigenvalue weighted by atomic mass is 9.97. The zero-order valence-electron chi connectivity index (χ0n) is 16.6. The fourth-order valence-electron chi connectivity index (χ4n) is 3.80. The third-order valence-corrected chi connectivity index (χ3v) is 6.39. The first kappa shape index (κ1) is 19.6. The predicted octanol–water partition coefficient (Wildman–Crippen LogP) is 3.78. The number of rotatable bonds is 6. The van der Waals surface area contributed by atoms with Gasteiger partial charge in [-0.05, 0) is 24.8 Å². The molecule has 3 heterocycles. The van der Waals surface area contributed by atoms with Gasteiger partial charge in [-0.3, -0.25) is 14.6 Å². The largest absolute Gasteiger partial charge is 0.356 e. The monoisotopic (exact) mass is 410 g/mol. The molecule has 1 aliphatic heterocycles. The van der Waals surface area contributed by atoms with E-state index in [1.807, 2.05) is 40.6 Å². The maximum atomic E-state index is 12.7. The SMILES string of the molecule is CCCCNC(=O)[C@@H]1CCCN(c2nc3c(-c4ccccc4)csc3c(=O)[nH]2)C1. The van der Waals surface area contributed by atoms with Crippen molar-refractivity contribution in [2.45, 2.75) is 32.6 Å². The van der Waals surface area contributed by atoms with Crippen LogP contribution in [-0.4, -0.2) is 35.5 Å². The second kappa shape index (κ2) is 8.78. The van der Waals surface area contributed by atoms with E-state index in [4.69, 9.17) is 4.98 Å². The molecular formula is C22H26N4O2S. The molecule has 1 amide bonds. The molecule has 4 rings (SSSR count). The summed E-state index contributed by atoms with van der Waals surface area (Å²) >= 11 is 1.42. The van der Waals surface area contributed by atoms with Crippen molar-refractivity contribution in [1.29, 1.82) is 0 Å². The standard InChI is InChI=1S/C22H26N4O2S/c1-2-3-11-23-20(27)16-10-7-12-26(13-16)22-24-18-17(15-8-5-4-6-9-15)14-29-19(18)21(28)25-22/h4-6,8-9,14,16H,2-3,7,10-13H2,1H3,(H,23,27)(H,24,25,28)/t16-/m1/s1. The van der Waals surface area contributed by atoms with Crippen molar-refractivity contribution < 1.29 is 4.79 Å². The molecule has 6 nitrogen and oxygen atoms in total. The molecule has 0 saturated carbocycles. The summed E-state index contributed by atoms with van der Waals surface area (Å²) in [4.78, 5) is 35.0. The highest BCUT2D eigenvalue weighted by atomic mass is 32.1. The maximum Gasteiger partial charge on any atom is 0.270 e. The summed E-state index contributed by atoms with van der Waals surface area (Å²) in [5, 5.41) is 5.03. The number of hydrogen-bond donors (Lipinski definition) is 2. The number of thiophene rings is 1. The van der Waals surface area contributed by atoms with Gasteiger partial charge in [-0.15, -0.1) is 11.3 Å². The van der Waals surface area contributed by atoms with Crippen LogP contribution < -0.4 is 15.8 Å². The molecule has 29 heavy (non-hydrogen) atoms. The summed E-state index contributed by atoms with van der Waals surface area (Å²) in [6, 6.07) is 10.0. The van der Waals surface area contributed by atoms with Gasteiger partial charge in [0.25, 0.3) is 5.56 Å². The number of nitrogens with zero attached hydrogens (tertiary/aromatic N) is 2. The number of benzene rings is 1. The zero-order chi connectivity index (χ0) is 20.2. The van der Waals surface area contributed by atoms with Gasteiger partial charge in [0.15, 0.2) is 0 Å². The Balaban J connectivity index is 1.60. The lowest BCUT2D eigenvalue weighted by Gasteiger charge is -2.32. The van der Waals surface area contributed by atoms with Crippen molar-refractivity contribution in [2.24, 2.45) is 5.92 Å². The van der Waals surface area contributed by atoms with Crippen molar-refractivity contribution in [2.75, 3.05) is 24.5 Å². The van der Waals surface area contributed by atoms with E-state index in [1.54, 1.807) is 0 Å². The van der Waals surface area contributed by atoms with Gasteiger partial charge >= 0.3 is 0 Å². The number of carbonyl (C=O) groups is 1. The number of unbranched alkanes of at least 4 members (excludes halogenated alkanes) is 1. The molecule has 2 N–H and O–H groups in total. The van der Waals surface area contributed by atoms with E-state index in [-0.39, 0.29) is 17.4 Å². The number of nitrogens with one attached hydrogen (secondary N) is 2. The minimum absolute atomic E-state index is 0.0716. The summed E-state index contributed by atoms with van der Waals surface area (Å²) in [6.45, 7) is 4.21. The molecule has 0 aliphatic carbocycles. The van der Waals surface area contributed by atoms with Gasteiger partial charge < -0.3 is 10.2 Å². The van der Waals surface area contributed by atoms with Gasteiger partial charge in [-0.25, -0.2) is 4.98 Å². The molecule has 152 valence electrons. The van der Waals surface area contributed by atoms with E-state index in [1.165, 1.54) is 11.3 Å². The number of carbonyl (C=O) groups excluding carboxylic acids is 1. The normalized spacial score (nSPS) is 16.9. The Hall–Kier alpha value is -2.67. The summed E-state index contributed by atoms with van der Waals surface area (Å²) in [5.74, 6) is 0.592. The third-order valence-electron chi connectivity index (χ3n) is 5.42. The van der Waals surface area contributed by atoms with Crippen molar-refractivity contribution in [3.8, 4) is 11.1 Å². The number of aromatic nitrogens is 2. The zero-order valence-corrected chi connectivity index (χ0v) is 17.4. The van der Waals surface area contributed by atoms with Crippen LogP contribution >= 0.6 is 11.3 Å². The van der Waals surface area contributed by atoms with Crippen LogP contribution in [0.15, 0.2) is 40.5 Å². The van der Waals surface area contributed by atoms with Gasteiger partial charge in [0.05, 0.1) is 11.4 Å². The first-order chi connectivity index (χ1) is 14.2. The smallest absolute Gasteiger partial charge is 0.270 e. The molecule has 0 spiro atoms. The molecule has 0 radical (unpaired) electrons. The van der Waals surface area contributed by atoms with Crippen molar-refractivity contribution >= 4 is 33.4 Å². The van der Waals surface area contributed by atoms with Gasteiger partial charge in [-0.2, -0.15) is 0 Å². The quantitative estimate of drug-likeness (QED) is 0.606. The average Bonchev–Trinajstić information content (AvgIpc) is 3.19. The molecule has 1 aliphatic rings. The molecule has 0 unspecified atom stereocenters. The Morgan fingerprint density at radius 2 is 2.17 bits per heavy atom. The molecule has 1 atom stereocenters. The van der Waals surface area contributed by atoms with Gasteiger partial charge in [0, 0.05) is 30.6 Å². The number of fused-ring (bicyclic) bond motifs is 1. The Labute approximate surface area is 174 Å². The molecule has 7 heteroatoms. The minimum Gasteiger partial charge on any atom is -0.356 e. The number of hydrogen-bond acceptors (Lipinski definition) is 5. The van der Waals surface area contributed by atoms with Crippen molar-refractivity contribution in [3.05, 3.63) is 46.1 Å². The summed E-state index contributed by atoms with van der Waals surface area (Å²) in [7, 11) is 0. The maximum absolute atomic E-state index is 12.7. The topological polar surface area (TPSA) is 78.1 Å². The van der Waals surface area contributed by atoms with Crippen LogP contribution in [-0.2, 0) is 4.79 Å². The van der Waals surface area contributed by atoms with Crippen LogP contribution in [0.1, 0.15) is 32.6 Å². The number of H-pyrrole nitrogens is 1. The molecular weight excluding hydrogens is 384 g/mol. The lowest BCUT2D eigenvalue weighted by Crippen LogP contribution is -2.44.